The molecule has 0 bridgehead atoms. The summed E-state index contributed by atoms with van der Waals surface area (Å²) in [6.45, 7) is 3.46. The second kappa shape index (κ2) is 8.70. The molecule has 1 atom stereocenters. The summed E-state index contributed by atoms with van der Waals surface area (Å²) in [6.07, 6.45) is 1.84. The van der Waals surface area contributed by atoms with Gasteiger partial charge in [0, 0.05) is 11.8 Å². The molecule has 1 N–H and O–H groups in total. The van der Waals surface area contributed by atoms with Crippen LogP contribution in [-0.2, 0) is 14.3 Å². The zero-order valence-electron chi connectivity index (χ0n) is 13.8. The number of nitrogens with one attached hydrogen (secondary N) is 1. The Balaban J connectivity index is 1.90. The highest BCUT2D eigenvalue weighted by atomic mass is 35.5. The summed E-state index contributed by atoms with van der Waals surface area (Å²) in [7, 11) is 0. The molecule has 0 saturated carbocycles. The van der Waals surface area contributed by atoms with Crippen molar-refractivity contribution in [1.29, 1.82) is 0 Å². The summed E-state index contributed by atoms with van der Waals surface area (Å²) in [6, 6.07) is 12.3. The molecule has 0 fully saturated rings. The number of benzene rings is 2. The van der Waals surface area contributed by atoms with Crippen LogP contribution in [0.2, 0.25) is 10.0 Å². The Labute approximate surface area is 156 Å². The molecule has 4 nitrogen and oxygen atoms in total. The Kier molecular flexibility index (Phi) is 6.62. The first-order valence-corrected chi connectivity index (χ1v) is 8.32. The van der Waals surface area contributed by atoms with Crippen LogP contribution < -0.4 is 5.32 Å². The molecule has 0 aliphatic carbocycles. The molecule has 0 heterocycles. The van der Waals surface area contributed by atoms with Crippen molar-refractivity contribution in [3.05, 3.63) is 69.7 Å². The molecule has 0 saturated heterocycles. The average Bonchev–Trinajstić information content (AvgIpc) is 2.58. The number of hydrogen-bond acceptors (Lipinski definition) is 3. The van der Waals surface area contributed by atoms with Crippen molar-refractivity contribution in [2.24, 2.45) is 0 Å². The van der Waals surface area contributed by atoms with Crippen LogP contribution in [0.3, 0.4) is 0 Å². The van der Waals surface area contributed by atoms with Gasteiger partial charge in [0.1, 0.15) is 0 Å². The van der Waals surface area contributed by atoms with Gasteiger partial charge < -0.3 is 10.1 Å². The minimum atomic E-state index is -0.924. The monoisotopic (exact) mass is 377 g/mol. The molecule has 6 heteroatoms. The first-order valence-electron chi connectivity index (χ1n) is 7.56. The standard InChI is InChI=1S/C19H17Cl2NO3/c1-12-3-7-15(8-4-12)22-19(24)13(2)25-18(23)10-6-14-5-9-16(20)17(21)11-14/h3-11,13H,1-2H3,(H,22,24). The lowest BCUT2D eigenvalue weighted by Crippen LogP contribution is -2.29. The van der Waals surface area contributed by atoms with Gasteiger partial charge in [-0.2, -0.15) is 0 Å². The van der Waals surface area contributed by atoms with Crippen LogP contribution >= 0.6 is 23.2 Å². The number of anilines is 1. The molecule has 130 valence electrons. The van der Waals surface area contributed by atoms with Crippen molar-refractivity contribution < 1.29 is 14.3 Å². The van der Waals surface area contributed by atoms with Crippen molar-refractivity contribution >= 4 is 46.8 Å². The fourth-order valence-electron chi connectivity index (χ4n) is 1.93. The molecule has 25 heavy (non-hydrogen) atoms. The van der Waals surface area contributed by atoms with Crippen molar-refractivity contribution in [3.8, 4) is 0 Å². The number of rotatable bonds is 5. The van der Waals surface area contributed by atoms with E-state index in [1.807, 2.05) is 19.1 Å². The van der Waals surface area contributed by atoms with E-state index in [0.29, 0.717) is 21.3 Å². The van der Waals surface area contributed by atoms with E-state index in [4.69, 9.17) is 27.9 Å². The topological polar surface area (TPSA) is 55.4 Å². The quantitative estimate of drug-likeness (QED) is 0.596. The Bertz CT molecular complexity index is 801. The second-order valence-electron chi connectivity index (χ2n) is 5.44. The number of ether oxygens (including phenoxy) is 1. The van der Waals surface area contributed by atoms with E-state index in [-0.39, 0.29) is 0 Å². The van der Waals surface area contributed by atoms with Crippen molar-refractivity contribution in [3.63, 3.8) is 0 Å². The Hall–Kier alpha value is -2.30. The minimum absolute atomic E-state index is 0.392. The zero-order chi connectivity index (χ0) is 18.4. The molecule has 1 unspecified atom stereocenters. The molecular weight excluding hydrogens is 361 g/mol. The predicted octanol–water partition coefficient (Wildman–Crippen LogP) is 4.89. The van der Waals surface area contributed by atoms with E-state index in [0.717, 1.165) is 5.56 Å². The maximum atomic E-state index is 12.0. The maximum Gasteiger partial charge on any atom is 0.331 e. The van der Waals surface area contributed by atoms with Gasteiger partial charge in [-0.25, -0.2) is 4.79 Å². The molecule has 0 aliphatic heterocycles. The molecule has 2 aromatic rings. The number of hydrogen-bond donors (Lipinski definition) is 1. The van der Waals surface area contributed by atoms with E-state index in [9.17, 15) is 9.59 Å². The van der Waals surface area contributed by atoms with Crippen molar-refractivity contribution in [2.45, 2.75) is 20.0 Å². The van der Waals surface area contributed by atoms with E-state index in [1.54, 1.807) is 30.3 Å². The van der Waals surface area contributed by atoms with Gasteiger partial charge in [-0.1, -0.05) is 47.0 Å². The molecule has 1 amide bonds. The van der Waals surface area contributed by atoms with Crippen LogP contribution in [0, 0.1) is 6.92 Å². The van der Waals surface area contributed by atoms with Crippen LogP contribution in [0.1, 0.15) is 18.1 Å². The number of amides is 1. The smallest absolute Gasteiger partial charge is 0.331 e. The lowest BCUT2D eigenvalue weighted by molar-refractivity contribution is -0.148. The van der Waals surface area contributed by atoms with E-state index < -0.39 is 18.0 Å². The van der Waals surface area contributed by atoms with Gasteiger partial charge in [0.2, 0.25) is 0 Å². The average molecular weight is 378 g/mol. The lowest BCUT2D eigenvalue weighted by Gasteiger charge is -2.12. The van der Waals surface area contributed by atoms with Gasteiger partial charge in [-0.15, -0.1) is 0 Å². The molecule has 2 aromatic carbocycles. The number of esters is 1. The predicted molar refractivity (Wildman–Crippen MR) is 101 cm³/mol. The zero-order valence-corrected chi connectivity index (χ0v) is 15.3. The van der Waals surface area contributed by atoms with E-state index in [2.05, 4.69) is 5.32 Å². The second-order valence-corrected chi connectivity index (χ2v) is 6.26. The van der Waals surface area contributed by atoms with E-state index in [1.165, 1.54) is 19.1 Å². The third-order valence-electron chi connectivity index (χ3n) is 3.34. The first-order chi connectivity index (χ1) is 11.8. The lowest BCUT2D eigenvalue weighted by atomic mass is 10.2. The summed E-state index contributed by atoms with van der Waals surface area (Å²) < 4.78 is 5.09. The van der Waals surface area contributed by atoms with Gasteiger partial charge in [0.25, 0.3) is 5.91 Å². The normalized spacial score (nSPS) is 12.0. The fraction of sp³-hybridized carbons (Fsp3) is 0.158. The number of aryl methyl sites for hydroxylation is 1. The van der Waals surface area contributed by atoms with Gasteiger partial charge >= 0.3 is 5.97 Å². The van der Waals surface area contributed by atoms with Crippen LogP contribution in [-0.4, -0.2) is 18.0 Å². The van der Waals surface area contributed by atoms with Crippen LogP contribution in [0.15, 0.2) is 48.5 Å². The Morgan fingerprint density at radius 1 is 1.08 bits per heavy atom. The fourth-order valence-corrected chi connectivity index (χ4v) is 2.23. The third-order valence-corrected chi connectivity index (χ3v) is 4.08. The third kappa shape index (κ3) is 5.93. The van der Waals surface area contributed by atoms with Crippen LogP contribution in [0.5, 0.6) is 0 Å². The number of halogens is 2. The number of carbonyl (C=O) groups is 2. The summed E-state index contributed by atoms with van der Waals surface area (Å²) in [4.78, 5) is 23.9. The SMILES string of the molecule is Cc1ccc(NC(=O)C(C)OC(=O)C=Cc2ccc(Cl)c(Cl)c2)cc1. The molecule has 0 radical (unpaired) electrons. The van der Waals surface area contributed by atoms with Gasteiger partial charge in [0.15, 0.2) is 6.10 Å². The largest absolute Gasteiger partial charge is 0.449 e. The summed E-state index contributed by atoms with van der Waals surface area (Å²) in [5.74, 6) is -1.03. The number of carbonyl (C=O) groups excluding carboxylic acids is 2. The first kappa shape index (κ1) is 19.0. The summed E-state index contributed by atoms with van der Waals surface area (Å²) in [5, 5.41) is 3.51. The van der Waals surface area contributed by atoms with Crippen molar-refractivity contribution in [2.75, 3.05) is 5.32 Å². The minimum Gasteiger partial charge on any atom is -0.449 e. The van der Waals surface area contributed by atoms with Gasteiger partial charge in [-0.05, 0) is 49.8 Å². The maximum absolute atomic E-state index is 12.0. The molecular formula is C19H17Cl2NO3. The Morgan fingerprint density at radius 2 is 1.76 bits per heavy atom. The van der Waals surface area contributed by atoms with Gasteiger partial charge in [-0.3, -0.25) is 4.79 Å². The molecule has 0 aliphatic rings. The van der Waals surface area contributed by atoms with Gasteiger partial charge in [0.05, 0.1) is 10.0 Å². The van der Waals surface area contributed by atoms with Crippen LogP contribution in [0.25, 0.3) is 6.08 Å². The molecule has 0 aromatic heterocycles. The van der Waals surface area contributed by atoms with E-state index >= 15 is 0 Å². The summed E-state index contributed by atoms with van der Waals surface area (Å²) >= 11 is 11.7. The Morgan fingerprint density at radius 3 is 2.40 bits per heavy atom. The van der Waals surface area contributed by atoms with Crippen LogP contribution in [0.4, 0.5) is 5.69 Å². The molecule has 2 rings (SSSR count). The highest BCUT2D eigenvalue weighted by Gasteiger charge is 2.16. The van der Waals surface area contributed by atoms with Crippen molar-refractivity contribution in [1.82, 2.24) is 0 Å². The highest BCUT2D eigenvalue weighted by Crippen LogP contribution is 2.23. The molecule has 0 spiro atoms. The highest BCUT2D eigenvalue weighted by molar-refractivity contribution is 6.42. The summed E-state index contributed by atoms with van der Waals surface area (Å²) in [5.41, 5.74) is 2.43.